The first-order chi connectivity index (χ1) is 16.5. The number of rotatable bonds is 23. The number of amides is 1. The fraction of sp³-hybridized carbons (Fsp3) is 0.857. The van der Waals surface area contributed by atoms with Gasteiger partial charge in [0, 0.05) is 19.6 Å². The Morgan fingerprint density at radius 3 is 2.18 bits per heavy atom. The van der Waals surface area contributed by atoms with Crippen LogP contribution in [0.1, 0.15) is 19.3 Å². The van der Waals surface area contributed by atoms with Gasteiger partial charge in [-0.15, -0.1) is 0 Å². The van der Waals surface area contributed by atoms with Crippen molar-refractivity contribution >= 4 is 17.8 Å². The van der Waals surface area contributed by atoms with Crippen molar-refractivity contribution in [3.63, 3.8) is 0 Å². The summed E-state index contributed by atoms with van der Waals surface area (Å²) in [6.07, 6.45) is 1.67. The van der Waals surface area contributed by atoms with Crippen LogP contribution in [0.2, 0.25) is 0 Å². The molecule has 3 N–H and O–H groups in total. The van der Waals surface area contributed by atoms with E-state index in [0.717, 1.165) is 0 Å². The van der Waals surface area contributed by atoms with E-state index < -0.39 is 18.0 Å². The quantitative estimate of drug-likeness (QED) is 0.0762. The third-order valence-electron chi connectivity index (χ3n) is 4.52. The minimum atomic E-state index is -0.663. The van der Waals surface area contributed by atoms with Crippen molar-refractivity contribution in [1.82, 2.24) is 10.2 Å². The van der Waals surface area contributed by atoms with Gasteiger partial charge in [-0.2, -0.15) is 0 Å². The Morgan fingerprint density at radius 2 is 1.56 bits per heavy atom. The fourth-order valence-corrected chi connectivity index (χ4v) is 2.83. The molecule has 0 aromatic rings. The number of nitrogens with one attached hydrogen (secondary N) is 1. The maximum absolute atomic E-state index is 12.3. The van der Waals surface area contributed by atoms with Crippen molar-refractivity contribution in [1.29, 1.82) is 0 Å². The SMILES string of the molecule is COOCCN(CC(=O)OC)C(CCCCNC(=O)COCCOCCOCCN)C(=O)OC. The molecule has 13 heteroatoms. The van der Waals surface area contributed by atoms with Crippen molar-refractivity contribution < 1.29 is 47.8 Å². The third-order valence-corrected chi connectivity index (χ3v) is 4.52. The Labute approximate surface area is 201 Å². The Morgan fingerprint density at radius 1 is 0.882 bits per heavy atom. The highest BCUT2D eigenvalue weighted by molar-refractivity contribution is 5.78. The van der Waals surface area contributed by atoms with E-state index in [-0.39, 0.29) is 32.2 Å². The maximum atomic E-state index is 12.3. The minimum Gasteiger partial charge on any atom is -0.468 e. The topological polar surface area (TPSA) is 157 Å². The zero-order valence-electron chi connectivity index (χ0n) is 20.6. The number of ether oxygens (including phenoxy) is 5. The molecule has 0 heterocycles. The zero-order chi connectivity index (χ0) is 25.4. The van der Waals surface area contributed by atoms with Gasteiger partial charge >= 0.3 is 11.9 Å². The van der Waals surface area contributed by atoms with Gasteiger partial charge in [0.2, 0.25) is 5.91 Å². The average Bonchev–Trinajstić information content (AvgIpc) is 2.84. The van der Waals surface area contributed by atoms with E-state index in [9.17, 15) is 14.4 Å². The molecule has 0 saturated carbocycles. The van der Waals surface area contributed by atoms with Crippen LogP contribution >= 0.6 is 0 Å². The van der Waals surface area contributed by atoms with Gasteiger partial charge in [0.25, 0.3) is 0 Å². The first-order valence-electron chi connectivity index (χ1n) is 11.2. The number of unbranched alkanes of at least 4 members (excludes halogenated alkanes) is 1. The number of nitrogens with zero attached hydrogens (tertiary/aromatic N) is 1. The lowest BCUT2D eigenvalue weighted by atomic mass is 10.1. The Bertz CT molecular complexity index is 539. The highest BCUT2D eigenvalue weighted by Crippen LogP contribution is 2.11. The molecule has 1 atom stereocenters. The Hall–Kier alpha value is -1.87. The largest absolute Gasteiger partial charge is 0.468 e. The van der Waals surface area contributed by atoms with E-state index in [4.69, 9.17) is 34.3 Å². The van der Waals surface area contributed by atoms with Crippen molar-refractivity contribution in [3.05, 3.63) is 0 Å². The van der Waals surface area contributed by atoms with E-state index in [1.54, 1.807) is 4.90 Å². The number of esters is 2. The number of nitrogens with two attached hydrogens (primary N) is 1. The van der Waals surface area contributed by atoms with Gasteiger partial charge in [-0.05, 0) is 19.3 Å². The molecule has 0 aromatic carbocycles. The Kier molecular flexibility index (Phi) is 21.6. The highest BCUT2D eigenvalue weighted by atomic mass is 17.2. The van der Waals surface area contributed by atoms with Gasteiger partial charge in [-0.3, -0.25) is 19.3 Å². The lowest BCUT2D eigenvalue weighted by molar-refractivity contribution is -0.274. The van der Waals surface area contributed by atoms with Crippen LogP contribution in [0.15, 0.2) is 0 Å². The summed E-state index contributed by atoms with van der Waals surface area (Å²) in [5.41, 5.74) is 5.30. The third kappa shape index (κ3) is 17.6. The summed E-state index contributed by atoms with van der Waals surface area (Å²) < 4.78 is 25.3. The van der Waals surface area contributed by atoms with E-state index in [1.165, 1.54) is 21.3 Å². The minimum absolute atomic E-state index is 0.0653. The second-order valence-electron chi connectivity index (χ2n) is 6.99. The summed E-state index contributed by atoms with van der Waals surface area (Å²) >= 11 is 0. The summed E-state index contributed by atoms with van der Waals surface area (Å²) in [5.74, 6) is -1.18. The lowest BCUT2D eigenvalue weighted by Gasteiger charge is -2.28. The van der Waals surface area contributed by atoms with Crippen LogP contribution in [0.3, 0.4) is 0 Å². The zero-order valence-corrected chi connectivity index (χ0v) is 20.6. The van der Waals surface area contributed by atoms with Crippen LogP contribution < -0.4 is 11.1 Å². The van der Waals surface area contributed by atoms with Gasteiger partial charge in [0.05, 0.1) is 67.5 Å². The number of carbonyl (C=O) groups is 3. The molecule has 34 heavy (non-hydrogen) atoms. The van der Waals surface area contributed by atoms with E-state index >= 15 is 0 Å². The summed E-state index contributed by atoms with van der Waals surface area (Å²) in [6.45, 7) is 3.24. The molecule has 200 valence electrons. The van der Waals surface area contributed by atoms with E-state index in [0.29, 0.717) is 65.4 Å². The molecule has 0 aliphatic heterocycles. The molecule has 1 amide bonds. The first-order valence-corrected chi connectivity index (χ1v) is 11.2. The summed E-state index contributed by atoms with van der Waals surface area (Å²) in [7, 11) is 3.94. The number of hydrogen-bond donors (Lipinski definition) is 2. The van der Waals surface area contributed by atoms with Gasteiger partial charge in [-0.1, -0.05) is 0 Å². The molecular formula is C21H41N3O10. The monoisotopic (exact) mass is 495 g/mol. The standard InChI is InChI=1S/C21H41N3O10/c1-28-20(26)16-24(9-11-34-30-3)18(21(27)29-2)6-4-5-8-23-19(25)17-33-15-14-32-13-12-31-10-7-22/h18H,4-17,22H2,1-3H3,(H,23,25). The molecule has 0 rings (SSSR count). The van der Waals surface area contributed by atoms with Gasteiger partial charge < -0.3 is 34.7 Å². The molecule has 0 radical (unpaired) electrons. The second-order valence-corrected chi connectivity index (χ2v) is 6.99. The van der Waals surface area contributed by atoms with E-state index in [2.05, 4.69) is 10.2 Å². The first kappa shape index (κ1) is 32.1. The second kappa shape index (κ2) is 22.9. The summed E-state index contributed by atoms with van der Waals surface area (Å²) in [4.78, 5) is 46.9. The van der Waals surface area contributed by atoms with Crippen molar-refractivity contribution in [2.45, 2.75) is 25.3 Å². The van der Waals surface area contributed by atoms with Crippen LogP contribution in [-0.4, -0.2) is 123 Å². The van der Waals surface area contributed by atoms with Crippen LogP contribution in [0.25, 0.3) is 0 Å². The van der Waals surface area contributed by atoms with Gasteiger partial charge in [0.15, 0.2) is 0 Å². The van der Waals surface area contributed by atoms with Gasteiger partial charge in [-0.25, -0.2) is 9.78 Å². The smallest absolute Gasteiger partial charge is 0.323 e. The van der Waals surface area contributed by atoms with Crippen molar-refractivity contribution in [3.8, 4) is 0 Å². The van der Waals surface area contributed by atoms with Crippen molar-refractivity contribution in [2.75, 3.05) is 93.8 Å². The maximum Gasteiger partial charge on any atom is 0.323 e. The molecule has 0 saturated heterocycles. The molecule has 1 unspecified atom stereocenters. The molecule has 0 spiro atoms. The summed E-state index contributed by atoms with van der Waals surface area (Å²) in [6, 6.07) is -0.663. The Balaban J connectivity index is 4.17. The van der Waals surface area contributed by atoms with Crippen LogP contribution in [0.4, 0.5) is 0 Å². The normalized spacial score (nSPS) is 11.9. The van der Waals surface area contributed by atoms with Crippen LogP contribution in [-0.2, 0) is 47.8 Å². The molecule has 0 bridgehead atoms. The molecule has 0 aliphatic rings. The fourth-order valence-electron chi connectivity index (χ4n) is 2.83. The predicted octanol–water partition coefficient (Wildman–Crippen LogP) is -1.12. The molecule has 0 fully saturated rings. The molecular weight excluding hydrogens is 454 g/mol. The number of methoxy groups -OCH3 is 2. The highest BCUT2D eigenvalue weighted by Gasteiger charge is 2.28. The van der Waals surface area contributed by atoms with Crippen LogP contribution in [0, 0.1) is 0 Å². The molecule has 0 aliphatic carbocycles. The number of hydrogen-bond acceptors (Lipinski definition) is 12. The summed E-state index contributed by atoms with van der Waals surface area (Å²) in [5, 5.41) is 2.76. The predicted molar refractivity (Wildman–Crippen MR) is 121 cm³/mol. The van der Waals surface area contributed by atoms with E-state index in [1.807, 2.05) is 0 Å². The van der Waals surface area contributed by atoms with Gasteiger partial charge in [0.1, 0.15) is 12.6 Å². The molecule has 13 nitrogen and oxygen atoms in total. The lowest BCUT2D eigenvalue weighted by Crippen LogP contribution is -2.46. The average molecular weight is 496 g/mol. The number of carbonyl (C=O) groups excluding carboxylic acids is 3. The van der Waals surface area contributed by atoms with Crippen molar-refractivity contribution in [2.24, 2.45) is 5.73 Å². The van der Waals surface area contributed by atoms with Crippen LogP contribution in [0.5, 0.6) is 0 Å². The molecule has 0 aromatic heterocycles.